The number of carbonyl (C=O) groups excluding carboxylic acids is 3. The molecular weight excluding hydrogens is 336 g/mol. The number of hydrogen-bond donors (Lipinski definition) is 0. The van der Waals surface area contributed by atoms with E-state index in [-0.39, 0.29) is 30.0 Å². The molecule has 2 bridgehead atoms. The van der Waals surface area contributed by atoms with Gasteiger partial charge in [0.05, 0.1) is 11.8 Å². The lowest BCUT2D eigenvalue weighted by molar-refractivity contribution is -0.157. The zero-order chi connectivity index (χ0) is 19.0. The van der Waals surface area contributed by atoms with Crippen LogP contribution >= 0.6 is 0 Å². The summed E-state index contributed by atoms with van der Waals surface area (Å²) in [6.07, 6.45) is 3.39. The Hall–Kier alpha value is -2.37. The lowest BCUT2D eigenvalue weighted by atomic mass is 9.85. The average Bonchev–Trinajstić information content (AvgIpc) is 3.04. The highest BCUT2D eigenvalue weighted by atomic mass is 16.6. The van der Waals surface area contributed by atoms with Crippen LogP contribution < -0.4 is 0 Å². The smallest absolute Gasteiger partial charge is 0.334 e. The summed E-state index contributed by atoms with van der Waals surface area (Å²) < 4.78 is 16.6. The molecule has 0 aromatic carbocycles. The first-order chi connectivity index (χ1) is 12.3. The van der Waals surface area contributed by atoms with Crippen molar-refractivity contribution in [2.24, 2.45) is 11.8 Å². The highest BCUT2D eigenvalue weighted by molar-refractivity contribution is 5.92. The third-order valence-electron chi connectivity index (χ3n) is 5.25. The Bertz CT molecular complexity index is 716. The third-order valence-corrected chi connectivity index (χ3v) is 5.25. The van der Waals surface area contributed by atoms with Crippen molar-refractivity contribution in [3.8, 4) is 0 Å². The molecule has 2 heterocycles. The molecule has 0 spiro atoms. The Labute approximate surface area is 152 Å². The largest absolute Gasteiger partial charge is 0.461 e. The molecule has 140 valence electrons. The van der Waals surface area contributed by atoms with Gasteiger partial charge in [0.25, 0.3) is 0 Å². The van der Waals surface area contributed by atoms with Crippen molar-refractivity contribution >= 4 is 17.9 Å². The van der Waals surface area contributed by atoms with Crippen LogP contribution in [0.15, 0.2) is 35.5 Å². The molecule has 1 aliphatic carbocycles. The van der Waals surface area contributed by atoms with E-state index in [4.69, 9.17) is 14.2 Å². The third kappa shape index (κ3) is 3.45. The van der Waals surface area contributed by atoms with Crippen molar-refractivity contribution in [2.75, 3.05) is 0 Å². The Morgan fingerprint density at radius 2 is 2.00 bits per heavy atom. The molecule has 2 aliphatic heterocycles. The molecule has 0 radical (unpaired) electrons. The maximum atomic E-state index is 12.4. The van der Waals surface area contributed by atoms with Gasteiger partial charge >= 0.3 is 17.9 Å². The molecule has 0 amide bonds. The molecule has 3 aliphatic rings. The van der Waals surface area contributed by atoms with Crippen molar-refractivity contribution < 1.29 is 28.6 Å². The molecule has 3 rings (SSSR count). The van der Waals surface area contributed by atoms with Gasteiger partial charge in [-0.3, -0.25) is 4.79 Å². The fourth-order valence-corrected chi connectivity index (χ4v) is 3.53. The van der Waals surface area contributed by atoms with E-state index in [1.54, 1.807) is 13.0 Å². The zero-order valence-corrected chi connectivity index (χ0v) is 15.3. The van der Waals surface area contributed by atoms with Crippen molar-refractivity contribution in [1.29, 1.82) is 0 Å². The highest BCUT2D eigenvalue weighted by Crippen LogP contribution is 2.38. The minimum absolute atomic E-state index is 0.182. The summed E-state index contributed by atoms with van der Waals surface area (Å²) in [7, 11) is 0. The van der Waals surface area contributed by atoms with Crippen molar-refractivity contribution in [2.45, 2.75) is 58.3 Å². The molecule has 26 heavy (non-hydrogen) atoms. The fraction of sp³-hybridized carbons (Fsp3) is 0.550. The molecule has 1 fully saturated rings. The predicted octanol–water partition coefficient (Wildman–Crippen LogP) is 2.63. The van der Waals surface area contributed by atoms with Gasteiger partial charge in [-0.1, -0.05) is 26.0 Å². The van der Waals surface area contributed by atoms with Crippen molar-refractivity contribution in [3.63, 3.8) is 0 Å². The Kier molecular flexibility index (Phi) is 5.03. The second kappa shape index (κ2) is 7.09. The van der Waals surface area contributed by atoms with E-state index in [0.717, 1.165) is 5.57 Å². The molecule has 0 aromatic heterocycles. The van der Waals surface area contributed by atoms with Crippen LogP contribution in [0.3, 0.4) is 0 Å². The van der Waals surface area contributed by atoms with Crippen LogP contribution in [0, 0.1) is 11.8 Å². The van der Waals surface area contributed by atoms with Crippen molar-refractivity contribution in [1.82, 2.24) is 0 Å². The molecule has 6 nitrogen and oxygen atoms in total. The Balaban J connectivity index is 1.97. The number of fused-ring (bicyclic) bond motifs is 2. The molecule has 1 saturated heterocycles. The van der Waals surface area contributed by atoms with Gasteiger partial charge < -0.3 is 14.2 Å². The molecular formula is C20H24O6. The SMILES string of the molecule is C=C1C(=O)O[C@@H]2/C=C(/C)C[C@@H]3C=C(C[C@H](OC(=O)[C@H](C)CC)[C@@H]12)C(=O)O3. The standard InChI is InChI=1S/C20H24O6/c1-5-11(3)18(21)25-16-9-13-8-14(24-20(13)23)6-10(2)7-15-17(16)12(4)19(22)26-15/h7-8,11,14-17H,4-6,9H2,1-3H3/b10-7-/t11-,14-,15-,16+,17+/m1/s1. The fourth-order valence-electron chi connectivity index (χ4n) is 3.53. The Morgan fingerprint density at radius 3 is 2.69 bits per heavy atom. The van der Waals surface area contributed by atoms with Gasteiger partial charge in [-0.15, -0.1) is 0 Å². The normalized spacial score (nSPS) is 34.0. The van der Waals surface area contributed by atoms with E-state index in [1.807, 2.05) is 19.9 Å². The maximum absolute atomic E-state index is 12.4. The van der Waals surface area contributed by atoms with Crippen LogP contribution in [0.5, 0.6) is 0 Å². The molecule has 0 N–H and O–H groups in total. The van der Waals surface area contributed by atoms with Crippen LogP contribution in [0.4, 0.5) is 0 Å². The van der Waals surface area contributed by atoms with E-state index in [0.29, 0.717) is 18.4 Å². The van der Waals surface area contributed by atoms with Crippen molar-refractivity contribution in [3.05, 3.63) is 35.5 Å². The van der Waals surface area contributed by atoms with E-state index in [9.17, 15) is 14.4 Å². The summed E-state index contributed by atoms with van der Waals surface area (Å²) in [5.74, 6) is -2.04. The number of carbonyl (C=O) groups is 3. The van der Waals surface area contributed by atoms with Crippen LogP contribution in [-0.4, -0.2) is 36.2 Å². The Morgan fingerprint density at radius 1 is 1.27 bits per heavy atom. The minimum atomic E-state index is -0.708. The summed E-state index contributed by atoms with van der Waals surface area (Å²) in [6, 6.07) is 0. The summed E-state index contributed by atoms with van der Waals surface area (Å²) in [4.78, 5) is 36.7. The summed E-state index contributed by atoms with van der Waals surface area (Å²) in [6.45, 7) is 9.42. The maximum Gasteiger partial charge on any atom is 0.334 e. The summed E-state index contributed by atoms with van der Waals surface area (Å²) in [5, 5.41) is 0. The van der Waals surface area contributed by atoms with Crippen LogP contribution in [-0.2, 0) is 28.6 Å². The topological polar surface area (TPSA) is 78.9 Å². The van der Waals surface area contributed by atoms with Crippen LogP contribution in [0.2, 0.25) is 0 Å². The second-order valence-corrected chi connectivity index (χ2v) is 7.26. The molecule has 0 aromatic rings. The first-order valence-electron chi connectivity index (χ1n) is 8.99. The van der Waals surface area contributed by atoms with Crippen LogP contribution in [0.25, 0.3) is 0 Å². The second-order valence-electron chi connectivity index (χ2n) is 7.26. The quantitative estimate of drug-likeness (QED) is 0.333. The van der Waals surface area contributed by atoms with E-state index in [1.165, 1.54) is 0 Å². The average molecular weight is 360 g/mol. The van der Waals surface area contributed by atoms with Gasteiger partial charge in [0.15, 0.2) is 0 Å². The lowest BCUT2D eigenvalue weighted by Gasteiger charge is -2.27. The lowest BCUT2D eigenvalue weighted by Crippen LogP contribution is -2.35. The minimum Gasteiger partial charge on any atom is -0.461 e. The zero-order valence-electron chi connectivity index (χ0n) is 15.3. The number of ether oxygens (including phenoxy) is 3. The van der Waals surface area contributed by atoms with E-state index in [2.05, 4.69) is 6.58 Å². The first kappa shape index (κ1) is 18.4. The monoisotopic (exact) mass is 360 g/mol. The number of rotatable bonds is 3. The van der Waals surface area contributed by atoms with Gasteiger partial charge in [-0.05, 0) is 25.5 Å². The van der Waals surface area contributed by atoms with Gasteiger partial charge in [0.2, 0.25) is 0 Å². The predicted molar refractivity (Wildman–Crippen MR) is 92.8 cm³/mol. The van der Waals surface area contributed by atoms with Gasteiger partial charge in [0.1, 0.15) is 18.3 Å². The van der Waals surface area contributed by atoms with Gasteiger partial charge in [0, 0.05) is 24.0 Å². The highest BCUT2D eigenvalue weighted by Gasteiger charge is 2.46. The van der Waals surface area contributed by atoms with E-state index < -0.39 is 30.1 Å². The van der Waals surface area contributed by atoms with E-state index >= 15 is 0 Å². The summed E-state index contributed by atoms with van der Waals surface area (Å²) in [5.41, 5.74) is 1.68. The first-order valence-corrected chi connectivity index (χ1v) is 8.99. The van der Waals surface area contributed by atoms with Gasteiger partial charge in [-0.2, -0.15) is 0 Å². The molecule has 6 heteroatoms. The molecule has 0 saturated carbocycles. The number of hydrogen-bond acceptors (Lipinski definition) is 6. The van der Waals surface area contributed by atoms with Crippen LogP contribution in [0.1, 0.15) is 40.0 Å². The van der Waals surface area contributed by atoms with Gasteiger partial charge in [-0.25, -0.2) is 9.59 Å². The molecule has 0 unspecified atom stereocenters. The number of esters is 3. The summed E-state index contributed by atoms with van der Waals surface area (Å²) >= 11 is 0. The molecule has 5 atom stereocenters.